The van der Waals surface area contributed by atoms with Gasteiger partial charge in [0.2, 0.25) is 0 Å². The molecule has 2 heterocycles. The molecule has 4 rings (SSSR count). The van der Waals surface area contributed by atoms with Crippen molar-refractivity contribution in [3.05, 3.63) is 64.1 Å². The molecule has 0 unspecified atom stereocenters. The van der Waals surface area contributed by atoms with Crippen molar-refractivity contribution < 1.29 is 9.84 Å². The number of benzene rings is 1. The highest BCUT2D eigenvalue weighted by Crippen LogP contribution is 2.37. The fraction of sp³-hybridized carbons (Fsp3) is 0.333. The van der Waals surface area contributed by atoms with Crippen molar-refractivity contribution in [1.29, 1.82) is 0 Å². The molecular formula is C24H24BrN3O2S. The van der Waals surface area contributed by atoms with Gasteiger partial charge in [-0.15, -0.1) is 0 Å². The molecule has 160 valence electrons. The fourth-order valence-electron chi connectivity index (χ4n) is 3.67. The Morgan fingerprint density at radius 2 is 2.13 bits per heavy atom. The third kappa shape index (κ3) is 5.32. The third-order valence-electron chi connectivity index (χ3n) is 5.25. The summed E-state index contributed by atoms with van der Waals surface area (Å²) in [7, 11) is 0. The summed E-state index contributed by atoms with van der Waals surface area (Å²) in [5.74, 6) is 6.41. The molecule has 0 bridgehead atoms. The molecule has 1 saturated carbocycles. The molecular weight excluding hydrogens is 474 g/mol. The normalized spacial score (nSPS) is 13.8. The van der Waals surface area contributed by atoms with Gasteiger partial charge in [-0.1, -0.05) is 36.4 Å². The maximum atomic E-state index is 8.90. The maximum Gasteiger partial charge on any atom is 0.174 e. The van der Waals surface area contributed by atoms with E-state index in [-0.39, 0.29) is 6.61 Å². The quantitative estimate of drug-likeness (QED) is 0.468. The van der Waals surface area contributed by atoms with Crippen molar-refractivity contribution in [1.82, 2.24) is 14.5 Å². The van der Waals surface area contributed by atoms with Crippen LogP contribution in [0, 0.1) is 18.8 Å². The van der Waals surface area contributed by atoms with Gasteiger partial charge in [0.15, 0.2) is 5.16 Å². The number of pyridine rings is 1. The van der Waals surface area contributed by atoms with Crippen LogP contribution in [0.2, 0.25) is 0 Å². The van der Waals surface area contributed by atoms with Crippen LogP contribution in [0.15, 0.2) is 52.5 Å². The van der Waals surface area contributed by atoms with Crippen LogP contribution in [0.5, 0.6) is 5.75 Å². The molecule has 0 saturated heterocycles. The van der Waals surface area contributed by atoms with E-state index in [2.05, 4.69) is 37.3 Å². The summed E-state index contributed by atoms with van der Waals surface area (Å²) in [4.78, 5) is 9.12. The van der Waals surface area contributed by atoms with Gasteiger partial charge < -0.3 is 9.84 Å². The number of halogens is 1. The minimum Gasteiger partial charge on any atom is -0.487 e. The van der Waals surface area contributed by atoms with E-state index in [0.29, 0.717) is 11.9 Å². The van der Waals surface area contributed by atoms with Crippen molar-refractivity contribution in [2.75, 3.05) is 6.61 Å². The lowest BCUT2D eigenvalue weighted by Gasteiger charge is -2.14. The Bertz CT molecular complexity index is 1100. The van der Waals surface area contributed by atoms with Crippen molar-refractivity contribution in [2.24, 2.45) is 0 Å². The van der Waals surface area contributed by atoms with E-state index in [4.69, 9.17) is 14.8 Å². The summed E-state index contributed by atoms with van der Waals surface area (Å²) in [6.45, 7) is 2.21. The number of aliphatic hydroxyl groups excluding tert-OH is 1. The molecule has 1 aliphatic rings. The number of aryl methyl sites for hydroxylation is 1. The molecule has 31 heavy (non-hydrogen) atoms. The van der Waals surface area contributed by atoms with Gasteiger partial charge in [0.05, 0.1) is 17.6 Å². The molecule has 1 aromatic carbocycles. The standard InChI is InChI=1S/C24H24BrN3O2S/c1-17-14-20(11-10-18(17)6-5-13-29)30-16-22-23(25)27-24(31-21-8-2-3-9-21)28(22)19-7-4-12-26-15-19/h4,7,10-12,14-15,21,29H,2-3,8-9,13,16H2,1H3. The summed E-state index contributed by atoms with van der Waals surface area (Å²) >= 11 is 5.50. The lowest BCUT2D eigenvalue weighted by molar-refractivity contribution is 0.297. The number of aliphatic hydroxyl groups is 1. The highest BCUT2D eigenvalue weighted by molar-refractivity contribution is 9.10. The average Bonchev–Trinajstić information content (AvgIpc) is 3.40. The Labute approximate surface area is 195 Å². The Morgan fingerprint density at radius 1 is 1.29 bits per heavy atom. The van der Waals surface area contributed by atoms with Gasteiger partial charge in [-0.05, 0) is 71.6 Å². The lowest BCUT2D eigenvalue weighted by atomic mass is 10.1. The van der Waals surface area contributed by atoms with Gasteiger partial charge in [-0.2, -0.15) is 0 Å². The zero-order chi connectivity index (χ0) is 21.6. The van der Waals surface area contributed by atoms with Gasteiger partial charge >= 0.3 is 0 Å². The average molecular weight is 498 g/mol. The van der Waals surface area contributed by atoms with Crippen LogP contribution in [-0.2, 0) is 6.61 Å². The van der Waals surface area contributed by atoms with Gasteiger partial charge in [0, 0.05) is 17.0 Å². The highest BCUT2D eigenvalue weighted by Gasteiger charge is 2.23. The Kier molecular flexibility index (Phi) is 7.33. The largest absolute Gasteiger partial charge is 0.487 e. The first-order chi connectivity index (χ1) is 15.2. The fourth-order valence-corrected chi connectivity index (χ4v) is 5.58. The SMILES string of the molecule is Cc1cc(OCc2c(Br)nc(SC3CCCC3)n2-c2cccnc2)ccc1C#CCO. The van der Waals surface area contributed by atoms with Crippen LogP contribution in [0.4, 0.5) is 0 Å². The molecule has 5 nitrogen and oxygen atoms in total. The van der Waals surface area contributed by atoms with E-state index in [0.717, 1.165) is 38.0 Å². The predicted molar refractivity (Wildman–Crippen MR) is 127 cm³/mol. The molecule has 0 radical (unpaired) electrons. The second kappa shape index (κ2) is 10.4. The summed E-state index contributed by atoms with van der Waals surface area (Å²) in [6, 6.07) is 9.77. The molecule has 1 N–H and O–H groups in total. The first-order valence-electron chi connectivity index (χ1n) is 10.3. The number of hydrogen-bond acceptors (Lipinski definition) is 5. The Morgan fingerprint density at radius 3 is 2.84 bits per heavy atom. The van der Waals surface area contributed by atoms with Gasteiger partial charge in [0.1, 0.15) is 23.6 Å². The van der Waals surface area contributed by atoms with Crippen LogP contribution in [0.3, 0.4) is 0 Å². The maximum absolute atomic E-state index is 8.90. The minimum absolute atomic E-state index is 0.148. The Hall–Kier alpha value is -2.27. The van der Waals surface area contributed by atoms with Crippen molar-refractivity contribution in [2.45, 2.75) is 49.6 Å². The van der Waals surface area contributed by atoms with Gasteiger partial charge in [-0.3, -0.25) is 9.55 Å². The smallest absolute Gasteiger partial charge is 0.174 e. The van der Waals surface area contributed by atoms with E-state index < -0.39 is 0 Å². The number of imidazole rings is 1. The monoisotopic (exact) mass is 497 g/mol. The number of ether oxygens (including phenoxy) is 1. The molecule has 7 heteroatoms. The first-order valence-corrected chi connectivity index (χ1v) is 12.0. The summed E-state index contributed by atoms with van der Waals surface area (Å²) in [6.07, 6.45) is 8.69. The van der Waals surface area contributed by atoms with Crippen LogP contribution < -0.4 is 4.74 Å². The van der Waals surface area contributed by atoms with Crippen molar-refractivity contribution >= 4 is 27.7 Å². The molecule has 3 aromatic rings. The first kappa shape index (κ1) is 21.9. The summed E-state index contributed by atoms with van der Waals surface area (Å²) in [5, 5.41) is 10.5. The zero-order valence-electron chi connectivity index (χ0n) is 17.3. The Balaban J connectivity index is 1.60. The number of thioether (sulfide) groups is 1. The molecule has 1 fully saturated rings. The van der Waals surface area contributed by atoms with Gasteiger partial charge in [-0.25, -0.2) is 4.98 Å². The van der Waals surface area contributed by atoms with Crippen LogP contribution in [0.25, 0.3) is 5.69 Å². The topological polar surface area (TPSA) is 60.2 Å². The van der Waals surface area contributed by atoms with Crippen molar-refractivity contribution in [3.63, 3.8) is 0 Å². The molecule has 0 atom stereocenters. The van der Waals surface area contributed by atoms with E-state index in [1.807, 2.05) is 55.2 Å². The highest BCUT2D eigenvalue weighted by atomic mass is 79.9. The molecule has 0 amide bonds. The zero-order valence-corrected chi connectivity index (χ0v) is 19.7. The van der Waals surface area contributed by atoms with Crippen LogP contribution >= 0.6 is 27.7 Å². The van der Waals surface area contributed by atoms with E-state index in [9.17, 15) is 0 Å². The van der Waals surface area contributed by atoms with Gasteiger partial charge in [0.25, 0.3) is 0 Å². The third-order valence-corrected chi connectivity index (χ3v) is 7.17. The number of hydrogen-bond donors (Lipinski definition) is 1. The molecule has 0 aliphatic heterocycles. The van der Waals surface area contributed by atoms with E-state index in [1.165, 1.54) is 25.7 Å². The second-order valence-electron chi connectivity index (χ2n) is 7.43. The van der Waals surface area contributed by atoms with Crippen LogP contribution in [-0.4, -0.2) is 31.5 Å². The lowest BCUT2D eigenvalue weighted by Crippen LogP contribution is -2.07. The number of rotatable bonds is 6. The number of aromatic nitrogens is 3. The minimum atomic E-state index is -0.148. The molecule has 0 spiro atoms. The van der Waals surface area contributed by atoms with E-state index in [1.54, 1.807) is 6.20 Å². The second-order valence-corrected chi connectivity index (χ2v) is 9.45. The van der Waals surface area contributed by atoms with E-state index >= 15 is 0 Å². The summed E-state index contributed by atoms with van der Waals surface area (Å²) in [5.41, 5.74) is 3.83. The molecule has 2 aromatic heterocycles. The van der Waals surface area contributed by atoms with Crippen molar-refractivity contribution in [3.8, 4) is 23.3 Å². The molecule has 1 aliphatic carbocycles. The summed E-state index contributed by atoms with van der Waals surface area (Å²) < 4.78 is 9.08. The number of nitrogens with zero attached hydrogens (tertiary/aromatic N) is 3. The van der Waals surface area contributed by atoms with Crippen LogP contribution in [0.1, 0.15) is 42.5 Å². The predicted octanol–water partition coefficient (Wildman–Crippen LogP) is 5.30.